The molecule has 0 N–H and O–H groups in total. The first kappa shape index (κ1) is 20.8. The fourth-order valence-electron chi connectivity index (χ4n) is 6.82. The number of esters is 1. The molecule has 4 nitrogen and oxygen atoms in total. The Labute approximate surface area is 189 Å². The quantitative estimate of drug-likeness (QED) is 0.425. The van der Waals surface area contributed by atoms with Crippen LogP contribution in [0.5, 0.6) is 5.75 Å². The highest BCUT2D eigenvalue weighted by atomic mass is 16.5. The summed E-state index contributed by atoms with van der Waals surface area (Å²) in [6.07, 6.45) is 11.1. The second-order valence-electron chi connectivity index (χ2n) is 9.83. The molecule has 0 radical (unpaired) electrons. The number of hydrogen-bond donors (Lipinski definition) is 0. The molecule has 0 atom stereocenters. The second-order valence-corrected chi connectivity index (χ2v) is 9.83. The highest BCUT2D eigenvalue weighted by molar-refractivity contribution is 5.87. The van der Waals surface area contributed by atoms with E-state index in [1.54, 1.807) is 6.08 Å². The Morgan fingerprint density at radius 3 is 2.25 bits per heavy atom. The zero-order valence-electron chi connectivity index (χ0n) is 18.5. The minimum Gasteiger partial charge on any atom is -0.478 e. The van der Waals surface area contributed by atoms with Gasteiger partial charge in [0.1, 0.15) is 11.8 Å². The van der Waals surface area contributed by atoms with Crippen molar-refractivity contribution in [1.82, 2.24) is 0 Å². The van der Waals surface area contributed by atoms with E-state index in [-0.39, 0.29) is 18.0 Å². The minimum absolute atomic E-state index is 0.0833. The van der Waals surface area contributed by atoms with Gasteiger partial charge in [-0.25, -0.2) is 4.79 Å². The molecule has 0 unspecified atom stereocenters. The first-order valence-electron chi connectivity index (χ1n) is 11.6. The predicted molar refractivity (Wildman–Crippen MR) is 124 cm³/mol. The zero-order valence-corrected chi connectivity index (χ0v) is 18.5. The Morgan fingerprint density at radius 2 is 1.66 bits per heavy atom. The Kier molecular flexibility index (Phi) is 5.51. The van der Waals surface area contributed by atoms with Crippen molar-refractivity contribution < 1.29 is 14.3 Å². The van der Waals surface area contributed by atoms with Gasteiger partial charge in [-0.15, -0.1) is 0 Å². The molecule has 4 saturated carbocycles. The number of nitriles is 1. The summed E-state index contributed by atoms with van der Waals surface area (Å²) in [5.74, 6) is 3.05. The first-order chi connectivity index (χ1) is 15.6. The summed E-state index contributed by atoms with van der Waals surface area (Å²) in [5, 5.41) is 9.10. The van der Waals surface area contributed by atoms with Gasteiger partial charge in [-0.2, -0.15) is 5.26 Å². The van der Waals surface area contributed by atoms with Gasteiger partial charge < -0.3 is 9.47 Å². The normalized spacial score (nSPS) is 27.9. The monoisotopic (exact) mass is 427 g/mol. The number of benzene rings is 2. The molecule has 164 valence electrons. The number of rotatable bonds is 6. The van der Waals surface area contributed by atoms with Crippen molar-refractivity contribution in [3.63, 3.8) is 0 Å². The van der Waals surface area contributed by atoms with Crippen LogP contribution in [0.25, 0.3) is 17.2 Å². The lowest BCUT2D eigenvalue weighted by molar-refractivity contribution is -0.134. The van der Waals surface area contributed by atoms with E-state index in [2.05, 4.69) is 41.1 Å². The lowest BCUT2D eigenvalue weighted by Crippen LogP contribution is -2.48. The van der Waals surface area contributed by atoms with E-state index in [0.29, 0.717) is 0 Å². The summed E-state index contributed by atoms with van der Waals surface area (Å²) in [7, 11) is 1.38. The fraction of sp³-hybridized carbons (Fsp3) is 0.429. The largest absolute Gasteiger partial charge is 0.478 e. The summed E-state index contributed by atoms with van der Waals surface area (Å²) in [5.41, 5.74) is 4.76. The van der Waals surface area contributed by atoms with E-state index in [1.807, 2.05) is 12.1 Å². The van der Waals surface area contributed by atoms with Crippen molar-refractivity contribution in [3.8, 4) is 22.9 Å². The van der Waals surface area contributed by atoms with Crippen LogP contribution in [-0.4, -0.2) is 19.7 Å². The number of carbonyl (C=O) groups is 1. The Morgan fingerprint density at radius 1 is 1.03 bits per heavy atom. The maximum Gasteiger partial charge on any atom is 0.330 e. The molecule has 4 aliphatic carbocycles. The average Bonchev–Trinajstić information content (AvgIpc) is 2.80. The summed E-state index contributed by atoms with van der Waals surface area (Å²) in [6.45, 7) is 0.0833. The van der Waals surface area contributed by atoms with Crippen molar-refractivity contribution in [2.75, 3.05) is 13.7 Å². The average molecular weight is 428 g/mol. The van der Waals surface area contributed by atoms with E-state index in [1.165, 1.54) is 62.8 Å². The number of carbonyl (C=O) groups excluding carboxylic acids is 1. The van der Waals surface area contributed by atoms with Gasteiger partial charge in [0, 0.05) is 11.6 Å². The lowest BCUT2D eigenvalue weighted by atomic mass is 9.48. The Balaban J connectivity index is 1.48. The summed E-state index contributed by atoms with van der Waals surface area (Å²) < 4.78 is 10.6. The van der Waals surface area contributed by atoms with Gasteiger partial charge in [0.05, 0.1) is 7.11 Å². The molecule has 0 aliphatic heterocycles. The third-order valence-corrected chi connectivity index (χ3v) is 7.74. The van der Waals surface area contributed by atoms with Crippen molar-refractivity contribution in [3.05, 3.63) is 59.7 Å². The zero-order chi connectivity index (χ0) is 22.1. The van der Waals surface area contributed by atoms with Crippen molar-refractivity contribution in [2.45, 2.75) is 43.9 Å². The first-order valence-corrected chi connectivity index (χ1v) is 11.6. The third kappa shape index (κ3) is 3.93. The van der Waals surface area contributed by atoms with E-state index >= 15 is 0 Å². The van der Waals surface area contributed by atoms with Gasteiger partial charge in [-0.05, 0) is 96.6 Å². The number of ether oxygens (including phenoxy) is 2. The molecular weight excluding hydrogens is 398 g/mol. The van der Waals surface area contributed by atoms with Crippen LogP contribution in [-0.2, 0) is 14.9 Å². The maximum atomic E-state index is 11.3. The third-order valence-electron chi connectivity index (χ3n) is 7.74. The number of hydrogen-bond acceptors (Lipinski definition) is 4. The molecule has 6 rings (SSSR count). The smallest absolute Gasteiger partial charge is 0.330 e. The molecule has 32 heavy (non-hydrogen) atoms. The molecule has 0 amide bonds. The van der Waals surface area contributed by atoms with Gasteiger partial charge >= 0.3 is 5.97 Å². The molecule has 0 aromatic heterocycles. The Hall–Kier alpha value is -3.06. The van der Waals surface area contributed by atoms with Crippen LogP contribution in [0.1, 0.15) is 49.7 Å². The minimum atomic E-state index is -0.359. The topological polar surface area (TPSA) is 59.3 Å². The SMILES string of the molecule is COC(=O)C=Cc1ccc(-c2ccc(OCC#N)c(C34CC5CC(CC(C5)C3)C4)c2)cc1. The van der Waals surface area contributed by atoms with E-state index in [9.17, 15) is 4.79 Å². The van der Waals surface area contributed by atoms with Crippen molar-refractivity contribution in [1.29, 1.82) is 5.26 Å². The summed E-state index contributed by atoms with van der Waals surface area (Å²) in [6, 6.07) is 16.8. The number of nitrogens with zero attached hydrogens (tertiary/aromatic N) is 1. The standard InChI is InChI=1S/C28H29NO3/c1-31-27(30)9-4-19-2-5-23(6-3-19)24-7-8-26(32-11-10-29)25(15-24)28-16-20-12-21(17-28)14-22(13-20)18-28/h2-9,15,20-22H,11-14,16-18H2,1H3. The van der Waals surface area contributed by atoms with Gasteiger partial charge in [-0.3, -0.25) is 0 Å². The molecular formula is C28H29NO3. The van der Waals surface area contributed by atoms with E-state index in [4.69, 9.17) is 10.00 Å². The molecule has 0 heterocycles. The molecule has 2 aromatic carbocycles. The van der Waals surface area contributed by atoms with Gasteiger partial charge in [0.15, 0.2) is 6.61 Å². The molecule has 2 aromatic rings. The highest BCUT2D eigenvalue weighted by Gasteiger charge is 2.52. The van der Waals surface area contributed by atoms with E-state index in [0.717, 1.165) is 34.6 Å². The van der Waals surface area contributed by atoms with Crippen molar-refractivity contribution in [2.24, 2.45) is 17.8 Å². The van der Waals surface area contributed by atoms with Crippen molar-refractivity contribution >= 4 is 12.0 Å². The van der Waals surface area contributed by atoms with Crippen LogP contribution in [0, 0.1) is 29.1 Å². The lowest BCUT2D eigenvalue weighted by Gasteiger charge is -2.57. The van der Waals surface area contributed by atoms with Crippen LogP contribution in [0.3, 0.4) is 0 Å². The summed E-state index contributed by atoms with van der Waals surface area (Å²) in [4.78, 5) is 11.3. The molecule has 4 aliphatic rings. The predicted octanol–water partition coefficient (Wildman–Crippen LogP) is 5.91. The molecule has 4 heteroatoms. The van der Waals surface area contributed by atoms with Crippen LogP contribution in [0.2, 0.25) is 0 Å². The van der Waals surface area contributed by atoms with Crippen LogP contribution in [0.15, 0.2) is 48.5 Å². The molecule has 0 spiro atoms. The second kappa shape index (κ2) is 8.47. The van der Waals surface area contributed by atoms with E-state index < -0.39 is 0 Å². The summed E-state index contributed by atoms with van der Waals surface area (Å²) >= 11 is 0. The van der Waals surface area contributed by atoms with Crippen LogP contribution >= 0.6 is 0 Å². The highest BCUT2D eigenvalue weighted by Crippen LogP contribution is 2.62. The van der Waals surface area contributed by atoms with Crippen LogP contribution in [0.4, 0.5) is 0 Å². The van der Waals surface area contributed by atoms with Gasteiger partial charge in [0.25, 0.3) is 0 Å². The maximum absolute atomic E-state index is 11.3. The molecule has 0 saturated heterocycles. The number of methoxy groups -OCH3 is 1. The van der Waals surface area contributed by atoms with Gasteiger partial charge in [0.2, 0.25) is 0 Å². The molecule has 4 bridgehead atoms. The fourth-order valence-corrected chi connectivity index (χ4v) is 6.82. The Bertz CT molecular complexity index is 1040. The molecule has 4 fully saturated rings. The van der Waals surface area contributed by atoms with Gasteiger partial charge in [-0.1, -0.05) is 30.3 Å². The van der Waals surface area contributed by atoms with Crippen LogP contribution < -0.4 is 4.74 Å².